The summed E-state index contributed by atoms with van der Waals surface area (Å²) in [6.07, 6.45) is 5.81. The number of hydrogen-bond donors (Lipinski definition) is 1. The predicted octanol–water partition coefficient (Wildman–Crippen LogP) is 2.28. The Kier molecular flexibility index (Phi) is 3.92. The van der Waals surface area contributed by atoms with Crippen LogP contribution in [-0.2, 0) is 4.74 Å². The molecule has 0 aromatic carbocycles. The molecule has 1 saturated heterocycles. The van der Waals surface area contributed by atoms with E-state index in [9.17, 15) is 0 Å². The molecule has 3 heterocycles. The summed E-state index contributed by atoms with van der Waals surface area (Å²) in [5.41, 5.74) is 7.24. The molecule has 1 aliphatic heterocycles. The lowest BCUT2D eigenvalue weighted by atomic mass is 10.2. The first-order chi connectivity index (χ1) is 10.2. The second-order valence-corrected chi connectivity index (χ2v) is 5.37. The molecule has 114 valence electrons. The summed E-state index contributed by atoms with van der Waals surface area (Å²) in [4.78, 5) is 13.0. The van der Waals surface area contributed by atoms with Gasteiger partial charge in [0, 0.05) is 6.61 Å². The molecule has 3 rings (SSSR count). The number of nitrogens with zero attached hydrogens (tertiary/aromatic N) is 4. The monoisotopic (exact) mass is 291 g/mol. The molecule has 2 atom stereocenters. The first-order valence-electron chi connectivity index (χ1n) is 7.47. The maximum atomic E-state index is 5.97. The Balaban J connectivity index is 1.98. The number of imidazole rings is 1. The van der Waals surface area contributed by atoms with Crippen LogP contribution in [0.2, 0.25) is 0 Å². The molecule has 7 heteroatoms. The van der Waals surface area contributed by atoms with E-state index in [0.717, 1.165) is 32.3 Å². The molecule has 0 spiro atoms. The number of anilines is 1. The molecule has 0 amide bonds. The van der Waals surface area contributed by atoms with Gasteiger partial charge in [0.25, 0.3) is 0 Å². The number of nitrogen functional groups attached to an aromatic ring is 1. The molecule has 0 bridgehead atoms. The number of ether oxygens (including phenoxy) is 2. The molecule has 1 aliphatic rings. The average molecular weight is 291 g/mol. The summed E-state index contributed by atoms with van der Waals surface area (Å²) in [7, 11) is 0. The smallest absolute Gasteiger partial charge is 0.320 e. The molecule has 2 N–H and O–H groups in total. The van der Waals surface area contributed by atoms with Crippen molar-refractivity contribution in [3.8, 4) is 6.01 Å². The van der Waals surface area contributed by atoms with Crippen molar-refractivity contribution in [2.24, 2.45) is 0 Å². The van der Waals surface area contributed by atoms with Crippen molar-refractivity contribution in [2.45, 2.75) is 51.9 Å². The van der Waals surface area contributed by atoms with Crippen molar-refractivity contribution in [1.29, 1.82) is 0 Å². The molecular weight excluding hydrogens is 270 g/mol. The van der Waals surface area contributed by atoms with E-state index in [-0.39, 0.29) is 12.3 Å². The normalized spacial score (nSPS) is 20.6. The third kappa shape index (κ3) is 2.78. The minimum Gasteiger partial charge on any atom is -0.460 e. The summed E-state index contributed by atoms with van der Waals surface area (Å²) in [6.45, 7) is 4.79. The van der Waals surface area contributed by atoms with E-state index in [2.05, 4.69) is 15.0 Å². The van der Waals surface area contributed by atoms with Gasteiger partial charge in [-0.2, -0.15) is 9.97 Å². The summed E-state index contributed by atoms with van der Waals surface area (Å²) < 4.78 is 13.4. The van der Waals surface area contributed by atoms with Crippen LogP contribution in [0.15, 0.2) is 6.33 Å². The summed E-state index contributed by atoms with van der Waals surface area (Å²) in [5, 5.41) is 0. The molecule has 2 unspecified atom stereocenters. The van der Waals surface area contributed by atoms with E-state index in [4.69, 9.17) is 15.2 Å². The molecule has 7 nitrogen and oxygen atoms in total. The van der Waals surface area contributed by atoms with Crippen molar-refractivity contribution in [3.63, 3.8) is 0 Å². The van der Waals surface area contributed by atoms with E-state index < -0.39 is 0 Å². The summed E-state index contributed by atoms with van der Waals surface area (Å²) in [6, 6.07) is 0.298. The van der Waals surface area contributed by atoms with Crippen LogP contribution in [0, 0.1) is 0 Å². The van der Waals surface area contributed by atoms with Gasteiger partial charge in [0.05, 0.1) is 12.4 Å². The van der Waals surface area contributed by atoms with Crippen LogP contribution in [0.5, 0.6) is 6.01 Å². The molecule has 0 radical (unpaired) electrons. The Morgan fingerprint density at radius 2 is 2.33 bits per heavy atom. The van der Waals surface area contributed by atoms with Gasteiger partial charge in [-0.15, -0.1) is 0 Å². The Hall–Kier alpha value is -1.89. The standard InChI is InChI=1S/C14H21N5O2/c1-3-9(2)21-14-17-12(15)11-13(18-14)19(8-16-11)10-6-4-5-7-20-10/h8-10H,3-7H2,1-2H3,(H2,15,17,18). The van der Waals surface area contributed by atoms with Crippen molar-refractivity contribution in [2.75, 3.05) is 12.3 Å². The van der Waals surface area contributed by atoms with Gasteiger partial charge in [0.1, 0.15) is 6.23 Å². The van der Waals surface area contributed by atoms with Gasteiger partial charge in [-0.25, -0.2) is 4.98 Å². The highest BCUT2D eigenvalue weighted by molar-refractivity contribution is 5.81. The molecule has 2 aromatic heterocycles. The van der Waals surface area contributed by atoms with Crippen LogP contribution in [0.25, 0.3) is 11.2 Å². The molecule has 0 saturated carbocycles. The topological polar surface area (TPSA) is 88.1 Å². The Bertz CT molecular complexity index is 621. The Morgan fingerprint density at radius 3 is 3.05 bits per heavy atom. The second-order valence-electron chi connectivity index (χ2n) is 5.37. The van der Waals surface area contributed by atoms with Crippen LogP contribution < -0.4 is 10.5 Å². The Morgan fingerprint density at radius 1 is 1.48 bits per heavy atom. The summed E-state index contributed by atoms with van der Waals surface area (Å²) >= 11 is 0. The maximum Gasteiger partial charge on any atom is 0.320 e. The lowest BCUT2D eigenvalue weighted by Crippen LogP contribution is -2.18. The van der Waals surface area contributed by atoms with E-state index in [1.165, 1.54) is 0 Å². The summed E-state index contributed by atoms with van der Waals surface area (Å²) in [5.74, 6) is 0.341. The van der Waals surface area contributed by atoms with Crippen LogP contribution in [0.4, 0.5) is 5.82 Å². The number of hydrogen-bond acceptors (Lipinski definition) is 6. The van der Waals surface area contributed by atoms with Gasteiger partial charge in [0.15, 0.2) is 17.0 Å². The minimum atomic E-state index is -0.0329. The number of rotatable bonds is 4. The quantitative estimate of drug-likeness (QED) is 0.929. The van der Waals surface area contributed by atoms with E-state index in [1.54, 1.807) is 6.33 Å². The van der Waals surface area contributed by atoms with E-state index in [0.29, 0.717) is 23.0 Å². The fourth-order valence-electron chi connectivity index (χ4n) is 2.39. The number of nitrogens with two attached hydrogens (primary N) is 1. The van der Waals surface area contributed by atoms with Crippen molar-refractivity contribution >= 4 is 17.0 Å². The van der Waals surface area contributed by atoms with Gasteiger partial charge >= 0.3 is 6.01 Å². The lowest BCUT2D eigenvalue weighted by molar-refractivity contribution is -0.0298. The molecule has 1 fully saturated rings. The van der Waals surface area contributed by atoms with Crippen LogP contribution in [0.3, 0.4) is 0 Å². The zero-order valence-corrected chi connectivity index (χ0v) is 12.5. The average Bonchev–Trinajstić information content (AvgIpc) is 2.92. The van der Waals surface area contributed by atoms with Gasteiger partial charge in [0.2, 0.25) is 0 Å². The number of fused-ring (bicyclic) bond motifs is 1. The SMILES string of the molecule is CCC(C)Oc1nc(N)c2ncn(C3CCCCO3)c2n1. The lowest BCUT2D eigenvalue weighted by Gasteiger charge is -2.23. The van der Waals surface area contributed by atoms with Gasteiger partial charge in [-0.1, -0.05) is 6.92 Å². The zero-order valence-electron chi connectivity index (χ0n) is 12.5. The molecule has 21 heavy (non-hydrogen) atoms. The third-order valence-electron chi connectivity index (χ3n) is 3.78. The predicted molar refractivity (Wildman–Crippen MR) is 79.0 cm³/mol. The number of aromatic nitrogens is 4. The van der Waals surface area contributed by atoms with Crippen molar-refractivity contribution in [1.82, 2.24) is 19.5 Å². The highest BCUT2D eigenvalue weighted by atomic mass is 16.5. The first-order valence-corrected chi connectivity index (χ1v) is 7.47. The van der Waals surface area contributed by atoms with Gasteiger partial charge < -0.3 is 15.2 Å². The minimum absolute atomic E-state index is 0.0329. The zero-order chi connectivity index (χ0) is 14.8. The second kappa shape index (κ2) is 5.85. The van der Waals surface area contributed by atoms with Gasteiger partial charge in [-0.05, 0) is 32.6 Å². The van der Waals surface area contributed by atoms with Crippen LogP contribution in [0.1, 0.15) is 45.8 Å². The highest BCUT2D eigenvalue weighted by Gasteiger charge is 2.21. The largest absolute Gasteiger partial charge is 0.460 e. The van der Waals surface area contributed by atoms with E-state index in [1.807, 2.05) is 18.4 Å². The Labute approximate surface area is 123 Å². The van der Waals surface area contributed by atoms with Crippen LogP contribution >= 0.6 is 0 Å². The molecular formula is C14H21N5O2. The third-order valence-corrected chi connectivity index (χ3v) is 3.78. The maximum absolute atomic E-state index is 5.97. The van der Waals surface area contributed by atoms with Crippen molar-refractivity contribution in [3.05, 3.63) is 6.33 Å². The van der Waals surface area contributed by atoms with E-state index >= 15 is 0 Å². The molecule has 0 aliphatic carbocycles. The first kappa shape index (κ1) is 14.1. The molecule has 2 aromatic rings. The van der Waals surface area contributed by atoms with Crippen LogP contribution in [-0.4, -0.2) is 32.2 Å². The fourth-order valence-corrected chi connectivity index (χ4v) is 2.39. The van der Waals surface area contributed by atoms with Gasteiger partial charge in [-0.3, -0.25) is 4.57 Å². The fraction of sp³-hybridized carbons (Fsp3) is 0.643. The highest BCUT2D eigenvalue weighted by Crippen LogP contribution is 2.28. The van der Waals surface area contributed by atoms with Crippen molar-refractivity contribution < 1.29 is 9.47 Å².